The highest BCUT2D eigenvalue weighted by Crippen LogP contribution is 2.65. The van der Waals surface area contributed by atoms with Crippen molar-refractivity contribution >= 4 is 29.4 Å². The Kier molecular flexibility index (Phi) is 6.49. The molecule has 1 heterocycles. The quantitative estimate of drug-likeness (QED) is 0.324. The number of ketones is 1. The van der Waals surface area contributed by atoms with Crippen LogP contribution < -0.4 is 16.4 Å². The predicted octanol–water partition coefficient (Wildman–Crippen LogP) is 0.136. The lowest BCUT2D eigenvalue weighted by Gasteiger charge is -2.34. The number of carbonyl (C=O) groups excluding carboxylic acids is 5. The van der Waals surface area contributed by atoms with Crippen LogP contribution in [0.15, 0.2) is 12.7 Å². The molecular formula is C23H34N4O5. The van der Waals surface area contributed by atoms with Gasteiger partial charge in [-0.1, -0.05) is 47.1 Å². The SMILES string of the molecule is C=CC(=O)N[C@H](C(=O)N1C[C@H]2[C@@H]([C@H]1C(=O)NC(CC1CC1)C(=O)C(N)=O)C2(C)C)C(C)C. The van der Waals surface area contributed by atoms with Crippen LogP contribution in [0.5, 0.6) is 0 Å². The Morgan fingerprint density at radius 2 is 1.78 bits per heavy atom. The number of rotatable bonds is 10. The van der Waals surface area contributed by atoms with Crippen molar-refractivity contribution in [1.29, 1.82) is 0 Å². The van der Waals surface area contributed by atoms with Gasteiger partial charge >= 0.3 is 0 Å². The molecule has 176 valence electrons. The van der Waals surface area contributed by atoms with Gasteiger partial charge in [-0.25, -0.2) is 0 Å². The first kappa shape index (κ1) is 23.9. The molecule has 1 unspecified atom stereocenters. The molecule has 2 saturated carbocycles. The van der Waals surface area contributed by atoms with Crippen LogP contribution in [-0.2, 0) is 24.0 Å². The zero-order chi connectivity index (χ0) is 24.0. The molecule has 9 heteroatoms. The summed E-state index contributed by atoms with van der Waals surface area (Å²) in [5, 5.41) is 5.39. The summed E-state index contributed by atoms with van der Waals surface area (Å²) in [6, 6.07) is -2.55. The second-order valence-corrected chi connectivity index (χ2v) is 10.3. The van der Waals surface area contributed by atoms with Crippen LogP contribution in [0.3, 0.4) is 0 Å². The van der Waals surface area contributed by atoms with Crippen molar-refractivity contribution in [3.05, 3.63) is 12.7 Å². The standard InChI is InChI=1S/C23H34N4O5/c1-6-15(28)26-17(11(2)3)22(32)27-10-13-16(23(13,4)5)18(27)21(31)25-14(9-12-7-8-12)19(29)20(24)30/h6,11-14,16-18H,1,7-10H2,2-5H3,(H2,24,30)(H,25,31)(H,26,28)/t13-,14?,16-,17-,18-/m0/s1. The van der Waals surface area contributed by atoms with E-state index in [2.05, 4.69) is 31.1 Å². The first-order valence-electron chi connectivity index (χ1n) is 11.3. The van der Waals surface area contributed by atoms with Gasteiger partial charge in [0.05, 0.1) is 6.04 Å². The van der Waals surface area contributed by atoms with Crippen LogP contribution >= 0.6 is 0 Å². The number of nitrogens with two attached hydrogens (primary N) is 1. The highest BCUT2D eigenvalue weighted by Gasteiger charge is 2.69. The van der Waals surface area contributed by atoms with Gasteiger partial charge in [0.25, 0.3) is 5.91 Å². The third-order valence-corrected chi connectivity index (χ3v) is 7.32. The molecule has 4 amide bonds. The van der Waals surface area contributed by atoms with Crippen LogP contribution in [0.1, 0.15) is 47.0 Å². The number of likely N-dealkylation sites (tertiary alicyclic amines) is 1. The molecule has 1 saturated heterocycles. The Morgan fingerprint density at radius 1 is 1.16 bits per heavy atom. The van der Waals surface area contributed by atoms with E-state index in [4.69, 9.17) is 5.73 Å². The van der Waals surface area contributed by atoms with Gasteiger partial charge in [-0.05, 0) is 41.6 Å². The summed E-state index contributed by atoms with van der Waals surface area (Å²) in [4.78, 5) is 64.0. The highest BCUT2D eigenvalue weighted by atomic mass is 16.2. The lowest BCUT2D eigenvalue weighted by Crippen LogP contribution is -2.59. The Hall–Kier alpha value is -2.71. The smallest absolute Gasteiger partial charge is 0.287 e. The zero-order valence-electron chi connectivity index (χ0n) is 19.2. The van der Waals surface area contributed by atoms with E-state index in [0.717, 1.165) is 18.9 Å². The van der Waals surface area contributed by atoms with Gasteiger partial charge in [-0.15, -0.1) is 0 Å². The van der Waals surface area contributed by atoms with E-state index in [1.807, 2.05) is 13.8 Å². The number of Topliss-reactive ketones (excluding diaryl/α,β-unsaturated/α-hetero) is 1. The number of nitrogens with zero attached hydrogens (tertiary/aromatic N) is 1. The van der Waals surface area contributed by atoms with Gasteiger partial charge in [-0.3, -0.25) is 24.0 Å². The molecule has 5 atom stereocenters. The van der Waals surface area contributed by atoms with E-state index < -0.39 is 41.6 Å². The molecule has 0 spiro atoms. The van der Waals surface area contributed by atoms with Crippen molar-refractivity contribution in [3.63, 3.8) is 0 Å². The molecule has 2 aliphatic carbocycles. The van der Waals surface area contributed by atoms with E-state index in [1.54, 1.807) is 0 Å². The maximum absolute atomic E-state index is 13.4. The summed E-state index contributed by atoms with van der Waals surface area (Å²) in [7, 11) is 0. The van der Waals surface area contributed by atoms with Crippen molar-refractivity contribution in [2.75, 3.05) is 6.54 Å². The molecule has 3 fully saturated rings. The highest BCUT2D eigenvalue weighted by molar-refractivity contribution is 6.37. The Bertz CT molecular complexity index is 847. The van der Waals surface area contributed by atoms with Crippen LogP contribution in [0.2, 0.25) is 0 Å². The molecule has 0 radical (unpaired) electrons. The lowest BCUT2D eigenvalue weighted by molar-refractivity contribution is -0.145. The molecule has 32 heavy (non-hydrogen) atoms. The van der Waals surface area contributed by atoms with Crippen molar-refractivity contribution in [2.45, 2.75) is 65.1 Å². The summed E-state index contributed by atoms with van der Waals surface area (Å²) in [5.41, 5.74) is 5.08. The molecule has 0 aromatic carbocycles. The van der Waals surface area contributed by atoms with Crippen LogP contribution in [0.4, 0.5) is 0 Å². The summed E-state index contributed by atoms with van der Waals surface area (Å²) >= 11 is 0. The first-order chi connectivity index (χ1) is 14.9. The molecule has 0 bridgehead atoms. The number of hydrogen-bond acceptors (Lipinski definition) is 5. The minimum absolute atomic E-state index is 0.0559. The molecular weight excluding hydrogens is 412 g/mol. The Morgan fingerprint density at radius 3 is 2.28 bits per heavy atom. The second-order valence-electron chi connectivity index (χ2n) is 10.3. The number of amides is 4. The molecule has 9 nitrogen and oxygen atoms in total. The maximum atomic E-state index is 13.4. The number of primary amides is 1. The van der Waals surface area contributed by atoms with Crippen LogP contribution in [-0.4, -0.2) is 59.0 Å². The number of fused-ring (bicyclic) bond motifs is 1. The Labute approximate surface area is 188 Å². The van der Waals surface area contributed by atoms with Crippen molar-refractivity contribution in [2.24, 2.45) is 34.8 Å². The van der Waals surface area contributed by atoms with E-state index in [1.165, 1.54) is 4.90 Å². The predicted molar refractivity (Wildman–Crippen MR) is 117 cm³/mol. The van der Waals surface area contributed by atoms with Gasteiger partial charge in [0.1, 0.15) is 12.1 Å². The van der Waals surface area contributed by atoms with Gasteiger partial charge in [0.15, 0.2) is 0 Å². The first-order valence-corrected chi connectivity index (χ1v) is 11.3. The fourth-order valence-corrected chi connectivity index (χ4v) is 5.06. The largest absolute Gasteiger partial charge is 0.363 e. The van der Waals surface area contributed by atoms with Crippen molar-refractivity contribution in [3.8, 4) is 0 Å². The number of hydrogen-bond donors (Lipinski definition) is 3. The summed E-state index contributed by atoms with van der Waals surface area (Å²) in [6.45, 7) is 11.6. The average Bonchev–Trinajstić information content (AvgIpc) is 3.57. The monoisotopic (exact) mass is 446 g/mol. The number of carbonyl (C=O) groups is 5. The second kappa shape index (κ2) is 8.67. The van der Waals surface area contributed by atoms with Gasteiger partial charge < -0.3 is 21.3 Å². The normalized spacial score (nSPS) is 27.2. The van der Waals surface area contributed by atoms with Gasteiger partial charge in [0, 0.05) is 6.54 Å². The molecule has 1 aliphatic heterocycles. The summed E-state index contributed by atoms with van der Waals surface area (Å²) < 4.78 is 0. The molecule has 4 N–H and O–H groups in total. The van der Waals surface area contributed by atoms with Gasteiger partial charge in [-0.2, -0.15) is 0 Å². The number of piperidine rings is 1. The number of nitrogens with one attached hydrogen (secondary N) is 2. The van der Waals surface area contributed by atoms with Crippen molar-refractivity contribution in [1.82, 2.24) is 15.5 Å². The summed E-state index contributed by atoms with van der Waals surface area (Å²) in [5.74, 6) is -2.95. The minimum Gasteiger partial charge on any atom is -0.363 e. The summed E-state index contributed by atoms with van der Waals surface area (Å²) in [6.07, 6.45) is 3.37. The topological polar surface area (TPSA) is 139 Å². The van der Waals surface area contributed by atoms with E-state index in [9.17, 15) is 24.0 Å². The maximum Gasteiger partial charge on any atom is 0.287 e. The van der Waals surface area contributed by atoms with Crippen LogP contribution in [0.25, 0.3) is 0 Å². The van der Waals surface area contributed by atoms with E-state index in [0.29, 0.717) is 13.0 Å². The Balaban J connectivity index is 1.81. The van der Waals surface area contributed by atoms with Crippen LogP contribution in [0, 0.1) is 29.1 Å². The van der Waals surface area contributed by atoms with E-state index >= 15 is 0 Å². The fourth-order valence-electron chi connectivity index (χ4n) is 5.06. The fraction of sp³-hybridized carbons (Fsp3) is 0.696. The third kappa shape index (κ3) is 4.56. The van der Waals surface area contributed by atoms with E-state index in [-0.39, 0.29) is 35.0 Å². The molecule has 0 aromatic rings. The molecule has 0 aromatic heterocycles. The molecule has 3 aliphatic rings. The lowest BCUT2D eigenvalue weighted by atomic mass is 9.96. The average molecular weight is 447 g/mol. The van der Waals surface area contributed by atoms with Gasteiger partial charge in [0.2, 0.25) is 23.5 Å². The minimum atomic E-state index is -1.08. The van der Waals surface area contributed by atoms with Crippen molar-refractivity contribution < 1.29 is 24.0 Å². The molecule has 3 rings (SSSR count). The zero-order valence-corrected chi connectivity index (χ0v) is 19.2. The third-order valence-electron chi connectivity index (χ3n) is 7.32.